The molecule has 1 aromatic carbocycles. The van der Waals surface area contributed by atoms with Crippen molar-refractivity contribution in [2.24, 2.45) is 0 Å². The van der Waals surface area contributed by atoms with Gasteiger partial charge in [0.05, 0.1) is 19.9 Å². The Morgan fingerprint density at radius 3 is 2.64 bits per heavy atom. The van der Waals surface area contributed by atoms with Crippen LogP contribution in [-0.2, 0) is 4.79 Å². The molecule has 1 atom stereocenters. The molecule has 4 heteroatoms. The number of hydrogen-bond acceptors (Lipinski definition) is 4. The molecule has 22 heavy (non-hydrogen) atoms. The summed E-state index contributed by atoms with van der Waals surface area (Å²) in [4.78, 5) is 14.8. The summed E-state index contributed by atoms with van der Waals surface area (Å²) in [6, 6.07) is 6.26. The molecule has 1 saturated heterocycles. The summed E-state index contributed by atoms with van der Waals surface area (Å²) in [5.41, 5.74) is 2.97. The largest absolute Gasteiger partial charge is 0.493 e. The third-order valence-electron chi connectivity index (χ3n) is 4.77. The molecular formula is C18H23NO3. The van der Waals surface area contributed by atoms with E-state index < -0.39 is 0 Å². The normalized spacial score (nSPS) is 21.7. The lowest BCUT2D eigenvalue weighted by atomic mass is 9.87. The van der Waals surface area contributed by atoms with Crippen LogP contribution >= 0.6 is 0 Å². The fraction of sp³-hybridized carbons (Fsp3) is 0.500. The van der Waals surface area contributed by atoms with Crippen molar-refractivity contribution in [3.8, 4) is 11.5 Å². The zero-order valence-electron chi connectivity index (χ0n) is 13.5. The molecule has 0 spiro atoms. The van der Waals surface area contributed by atoms with Gasteiger partial charge in [-0.05, 0) is 44.4 Å². The fourth-order valence-corrected chi connectivity index (χ4v) is 3.59. The molecule has 1 fully saturated rings. The number of ether oxygens (including phenoxy) is 2. The van der Waals surface area contributed by atoms with Gasteiger partial charge in [0, 0.05) is 30.1 Å². The number of carbonyl (C=O) groups excluding carboxylic acids is 1. The van der Waals surface area contributed by atoms with Crippen molar-refractivity contribution in [2.45, 2.75) is 38.6 Å². The van der Waals surface area contributed by atoms with Crippen LogP contribution in [0.3, 0.4) is 0 Å². The molecule has 3 rings (SSSR count). The number of carbonyl (C=O) groups is 1. The van der Waals surface area contributed by atoms with E-state index in [9.17, 15) is 4.79 Å². The van der Waals surface area contributed by atoms with Crippen LogP contribution in [0.25, 0.3) is 5.70 Å². The number of benzene rings is 1. The van der Waals surface area contributed by atoms with Gasteiger partial charge >= 0.3 is 0 Å². The molecule has 4 nitrogen and oxygen atoms in total. The second kappa shape index (κ2) is 6.03. The predicted octanol–water partition coefficient (Wildman–Crippen LogP) is 3.26. The Bertz CT molecular complexity index is 621. The third kappa shape index (κ3) is 2.47. The first-order valence-corrected chi connectivity index (χ1v) is 7.88. The summed E-state index contributed by atoms with van der Waals surface area (Å²) < 4.78 is 10.7. The lowest BCUT2D eigenvalue weighted by molar-refractivity contribution is -0.117. The van der Waals surface area contributed by atoms with Gasteiger partial charge in [-0.25, -0.2) is 0 Å². The standard InChI is InChI=1S/C18H23NO3/c1-12-15(20)11-14-6-4-5-9-19(14)18(12)13-7-8-16(21-2)17(10-13)22-3/h7-8,10,14H,4-6,9,11H2,1-3H3/t14-/m1/s1. The molecular weight excluding hydrogens is 278 g/mol. The lowest BCUT2D eigenvalue weighted by Crippen LogP contribution is -2.43. The molecule has 2 heterocycles. The minimum absolute atomic E-state index is 0.271. The number of Topliss-reactive ketones (excluding diaryl/α,β-unsaturated/α-hetero) is 1. The minimum Gasteiger partial charge on any atom is -0.493 e. The van der Waals surface area contributed by atoms with Crippen molar-refractivity contribution in [3.63, 3.8) is 0 Å². The molecule has 2 aliphatic rings. The molecule has 2 aliphatic heterocycles. The van der Waals surface area contributed by atoms with E-state index in [1.807, 2.05) is 25.1 Å². The van der Waals surface area contributed by atoms with Crippen molar-refractivity contribution < 1.29 is 14.3 Å². The molecule has 118 valence electrons. The highest BCUT2D eigenvalue weighted by Gasteiger charge is 2.34. The molecule has 0 saturated carbocycles. The van der Waals surface area contributed by atoms with Crippen molar-refractivity contribution >= 4 is 11.5 Å². The SMILES string of the molecule is COc1ccc(C2=C(C)C(=O)C[C@H]3CCCCN23)cc1OC. The number of ketones is 1. The van der Waals surface area contributed by atoms with Gasteiger partial charge in [-0.15, -0.1) is 0 Å². The molecule has 0 N–H and O–H groups in total. The first-order chi connectivity index (χ1) is 10.7. The number of hydrogen-bond donors (Lipinski definition) is 0. The smallest absolute Gasteiger partial charge is 0.162 e. The summed E-state index contributed by atoms with van der Waals surface area (Å²) in [6.07, 6.45) is 4.17. The second-order valence-electron chi connectivity index (χ2n) is 6.01. The van der Waals surface area contributed by atoms with Gasteiger partial charge in [-0.2, -0.15) is 0 Å². The van der Waals surface area contributed by atoms with Crippen molar-refractivity contribution in [1.29, 1.82) is 0 Å². The fourth-order valence-electron chi connectivity index (χ4n) is 3.59. The maximum absolute atomic E-state index is 12.4. The van der Waals surface area contributed by atoms with E-state index in [1.54, 1.807) is 14.2 Å². The van der Waals surface area contributed by atoms with E-state index in [-0.39, 0.29) is 5.78 Å². The highest BCUT2D eigenvalue weighted by Crippen LogP contribution is 2.39. The van der Waals surface area contributed by atoms with Crippen LogP contribution in [0.4, 0.5) is 0 Å². The number of nitrogens with zero attached hydrogens (tertiary/aromatic N) is 1. The van der Waals surface area contributed by atoms with Crippen LogP contribution in [0, 0.1) is 0 Å². The first-order valence-electron chi connectivity index (χ1n) is 7.88. The first kappa shape index (κ1) is 14.9. The molecule has 0 bridgehead atoms. The van der Waals surface area contributed by atoms with Gasteiger partial charge in [0.25, 0.3) is 0 Å². The van der Waals surface area contributed by atoms with E-state index >= 15 is 0 Å². The highest BCUT2D eigenvalue weighted by molar-refractivity contribution is 6.03. The quantitative estimate of drug-likeness (QED) is 0.859. The van der Waals surface area contributed by atoms with E-state index in [0.29, 0.717) is 24.0 Å². The zero-order valence-corrected chi connectivity index (χ0v) is 13.5. The van der Waals surface area contributed by atoms with Gasteiger partial charge < -0.3 is 14.4 Å². The summed E-state index contributed by atoms with van der Waals surface area (Å²) in [6.45, 7) is 2.97. The van der Waals surface area contributed by atoms with Crippen molar-refractivity contribution in [1.82, 2.24) is 4.90 Å². The summed E-state index contributed by atoms with van der Waals surface area (Å²) >= 11 is 0. The van der Waals surface area contributed by atoms with Crippen LogP contribution in [0.2, 0.25) is 0 Å². The molecule has 0 unspecified atom stereocenters. The van der Waals surface area contributed by atoms with E-state index in [0.717, 1.165) is 29.8 Å². The molecule has 1 aromatic rings. The van der Waals surface area contributed by atoms with Crippen LogP contribution in [0.5, 0.6) is 11.5 Å². The average molecular weight is 301 g/mol. The Hall–Kier alpha value is -1.97. The highest BCUT2D eigenvalue weighted by atomic mass is 16.5. The molecule has 0 radical (unpaired) electrons. The molecule has 0 amide bonds. The topological polar surface area (TPSA) is 38.8 Å². The maximum atomic E-state index is 12.4. The monoisotopic (exact) mass is 301 g/mol. The zero-order chi connectivity index (χ0) is 15.7. The molecule has 0 aliphatic carbocycles. The van der Waals surface area contributed by atoms with E-state index in [4.69, 9.17) is 9.47 Å². The Balaban J connectivity index is 2.07. The number of rotatable bonds is 3. The summed E-state index contributed by atoms with van der Waals surface area (Å²) in [5.74, 6) is 1.68. The number of piperidine rings is 1. The van der Waals surface area contributed by atoms with Gasteiger partial charge in [0.2, 0.25) is 0 Å². The number of allylic oxidation sites excluding steroid dienone is 1. The van der Waals surface area contributed by atoms with Crippen molar-refractivity contribution in [2.75, 3.05) is 20.8 Å². The number of methoxy groups -OCH3 is 2. The third-order valence-corrected chi connectivity index (χ3v) is 4.77. The van der Waals surface area contributed by atoms with Gasteiger partial charge in [0.1, 0.15) is 0 Å². The summed E-state index contributed by atoms with van der Waals surface area (Å²) in [5, 5.41) is 0. The Labute approximate surface area is 131 Å². The van der Waals surface area contributed by atoms with Crippen LogP contribution in [-0.4, -0.2) is 37.5 Å². The van der Waals surface area contributed by atoms with E-state index in [1.165, 1.54) is 12.8 Å². The van der Waals surface area contributed by atoms with Crippen LogP contribution in [0.15, 0.2) is 23.8 Å². The van der Waals surface area contributed by atoms with Gasteiger partial charge in [0.15, 0.2) is 17.3 Å². The van der Waals surface area contributed by atoms with Crippen LogP contribution < -0.4 is 9.47 Å². The summed E-state index contributed by atoms with van der Waals surface area (Å²) in [7, 11) is 3.27. The van der Waals surface area contributed by atoms with Crippen molar-refractivity contribution in [3.05, 3.63) is 29.3 Å². The Kier molecular flexibility index (Phi) is 4.10. The Morgan fingerprint density at radius 1 is 1.14 bits per heavy atom. The Morgan fingerprint density at radius 2 is 1.91 bits per heavy atom. The van der Waals surface area contributed by atoms with E-state index in [2.05, 4.69) is 4.90 Å². The maximum Gasteiger partial charge on any atom is 0.162 e. The number of fused-ring (bicyclic) bond motifs is 1. The second-order valence-corrected chi connectivity index (χ2v) is 6.01. The predicted molar refractivity (Wildman–Crippen MR) is 86.1 cm³/mol. The van der Waals surface area contributed by atoms with Crippen LogP contribution in [0.1, 0.15) is 38.2 Å². The molecule has 0 aromatic heterocycles. The minimum atomic E-state index is 0.271. The lowest BCUT2D eigenvalue weighted by Gasteiger charge is -2.42. The van der Waals surface area contributed by atoms with Gasteiger partial charge in [-0.3, -0.25) is 4.79 Å². The average Bonchev–Trinajstić information content (AvgIpc) is 2.55. The van der Waals surface area contributed by atoms with Gasteiger partial charge in [-0.1, -0.05) is 0 Å².